The van der Waals surface area contributed by atoms with Crippen LogP contribution >= 0.6 is 12.6 Å². The lowest BCUT2D eigenvalue weighted by atomic mass is 10.1. The molecule has 0 bridgehead atoms. The van der Waals surface area contributed by atoms with Crippen LogP contribution in [-0.4, -0.2) is 12.4 Å². The molecular formula is C15H21NOS. The van der Waals surface area contributed by atoms with Crippen molar-refractivity contribution in [3.05, 3.63) is 28.8 Å². The van der Waals surface area contributed by atoms with E-state index in [0.29, 0.717) is 18.1 Å². The predicted octanol–water partition coefficient (Wildman–Crippen LogP) is 3.90. The van der Waals surface area contributed by atoms with Crippen molar-refractivity contribution < 1.29 is 4.74 Å². The molecule has 0 radical (unpaired) electrons. The Morgan fingerprint density at radius 3 is 2.39 bits per heavy atom. The first-order valence-corrected chi connectivity index (χ1v) is 7.00. The summed E-state index contributed by atoms with van der Waals surface area (Å²) in [6.07, 6.45) is 2.29. The molecule has 2 nitrogen and oxygen atoms in total. The van der Waals surface area contributed by atoms with Gasteiger partial charge in [-0.15, -0.1) is 0 Å². The van der Waals surface area contributed by atoms with Crippen LogP contribution in [0.25, 0.3) is 0 Å². The van der Waals surface area contributed by atoms with E-state index in [0.717, 1.165) is 35.5 Å². The van der Waals surface area contributed by atoms with Gasteiger partial charge in [-0.05, 0) is 49.3 Å². The smallest absolute Gasteiger partial charge is 0.125 e. The van der Waals surface area contributed by atoms with Gasteiger partial charge >= 0.3 is 0 Å². The molecule has 0 aliphatic rings. The maximum Gasteiger partial charge on any atom is 0.125 e. The molecule has 3 heteroatoms. The average molecular weight is 263 g/mol. The number of rotatable bonds is 6. The van der Waals surface area contributed by atoms with E-state index in [-0.39, 0.29) is 0 Å². The Morgan fingerprint density at radius 2 is 1.94 bits per heavy atom. The lowest BCUT2D eigenvalue weighted by molar-refractivity contribution is 0.251. The fourth-order valence-electron chi connectivity index (χ4n) is 2.08. The van der Waals surface area contributed by atoms with Crippen LogP contribution in [0.4, 0.5) is 0 Å². The highest BCUT2D eigenvalue weighted by Crippen LogP contribution is 2.25. The lowest BCUT2D eigenvalue weighted by Crippen LogP contribution is -2.14. The summed E-state index contributed by atoms with van der Waals surface area (Å²) >= 11 is 4.36. The molecular weight excluding hydrogens is 242 g/mol. The summed E-state index contributed by atoms with van der Waals surface area (Å²) < 4.78 is 5.91. The summed E-state index contributed by atoms with van der Waals surface area (Å²) in [5, 5.41) is 8.90. The van der Waals surface area contributed by atoms with Gasteiger partial charge in [-0.1, -0.05) is 13.3 Å². The fourth-order valence-corrected chi connectivity index (χ4v) is 2.37. The molecule has 18 heavy (non-hydrogen) atoms. The molecule has 0 amide bonds. The average Bonchev–Trinajstić information content (AvgIpc) is 2.36. The standard InChI is InChI=1S/C15H21NOS/c1-4-5-13(10-18)9-17-15-11(2)6-14(8-16)7-12(15)3/h6-7,13,18H,4-5,9-10H2,1-3H3. The van der Waals surface area contributed by atoms with Crippen molar-refractivity contribution in [2.75, 3.05) is 12.4 Å². The maximum atomic E-state index is 8.90. The zero-order chi connectivity index (χ0) is 13.5. The maximum absolute atomic E-state index is 8.90. The number of hydrogen-bond donors (Lipinski definition) is 1. The molecule has 0 heterocycles. The Balaban J connectivity index is 2.76. The predicted molar refractivity (Wildman–Crippen MR) is 78.4 cm³/mol. The molecule has 1 unspecified atom stereocenters. The molecule has 0 aliphatic heterocycles. The highest BCUT2D eigenvalue weighted by atomic mass is 32.1. The Labute approximate surface area is 115 Å². The van der Waals surface area contributed by atoms with Crippen LogP contribution in [0.1, 0.15) is 36.5 Å². The summed E-state index contributed by atoms with van der Waals surface area (Å²) in [7, 11) is 0. The van der Waals surface area contributed by atoms with Gasteiger partial charge < -0.3 is 4.74 Å². The van der Waals surface area contributed by atoms with Crippen LogP contribution < -0.4 is 4.74 Å². The normalized spacial score (nSPS) is 11.9. The number of hydrogen-bond acceptors (Lipinski definition) is 3. The third-order valence-electron chi connectivity index (χ3n) is 3.01. The molecule has 0 saturated heterocycles. The summed E-state index contributed by atoms with van der Waals surface area (Å²) in [5.41, 5.74) is 2.75. The van der Waals surface area contributed by atoms with Crippen molar-refractivity contribution in [2.45, 2.75) is 33.6 Å². The number of nitrogens with zero attached hydrogens (tertiary/aromatic N) is 1. The Hall–Kier alpha value is -1.14. The SMILES string of the molecule is CCCC(CS)COc1c(C)cc(C#N)cc1C. The van der Waals surface area contributed by atoms with Crippen molar-refractivity contribution >= 4 is 12.6 Å². The first-order valence-electron chi connectivity index (χ1n) is 6.37. The van der Waals surface area contributed by atoms with E-state index in [4.69, 9.17) is 10.00 Å². The van der Waals surface area contributed by atoms with Crippen molar-refractivity contribution in [3.63, 3.8) is 0 Å². The minimum atomic E-state index is 0.493. The molecule has 1 rings (SSSR count). The molecule has 0 N–H and O–H groups in total. The van der Waals surface area contributed by atoms with Crippen molar-refractivity contribution in [3.8, 4) is 11.8 Å². The molecule has 0 aliphatic carbocycles. The van der Waals surface area contributed by atoms with Crippen molar-refractivity contribution in [1.82, 2.24) is 0 Å². The van der Waals surface area contributed by atoms with Gasteiger partial charge in [0.1, 0.15) is 5.75 Å². The Bertz CT molecular complexity index is 414. The van der Waals surface area contributed by atoms with Gasteiger partial charge in [0, 0.05) is 5.92 Å². The van der Waals surface area contributed by atoms with Gasteiger partial charge in [0.2, 0.25) is 0 Å². The van der Waals surface area contributed by atoms with Crippen LogP contribution in [0.3, 0.4) is 0 Å². The zero-order valence-electron chi connectivity index (χ0n) is 11.4. The summed E-state index contributed by atoms with van der Waals surface area (Å²) in [6.45, 7) is 6.84. The lowest BCUT2D eigenvalue weighted by Gasteiger charge is -2.17. The Kier molecular flexibility index (Phi) is 6.07. The van der Waals surface area contributed by atoms with Gasteiger partial charge in [-0.3, -0.25) is 0 Å². The van der Waals surface area contributed by atoms with Gasteiger partial charge in [0.15, 0.2) is 0 Å². The van der Waals surface area contributed by atoms with E-state index < -0.39 is 0 Å². The van der Waals surface area contributed by atoms with E-state index in [1.807, 2.05) is 26.0 Å². The van der Waals surface area contributed by atoms with E-state index >= 15 is 0 Å². The number of aryl methyl sites for hydroxylation is 2. The molecule has 0 aromatic heterocycles. The highest BCUT2D eigenvalue weighted by molar-refractivity contribution is 7.80. The van der Waals surface area contributed by atoms with Crippen molar-refractivity contribution in [1.29, 1.82) is 5.26 Å². The number of nitriles is 1. The Morgan fingerprint density at radius 1 is 1.33 bits per heavy atom. The van der Waals surface area contributed by atoms with Crippen LogP contribution in [0.15, 0.2) is 12.1 Å². The van der Waals surface area contributed by atoms with Crippen LogP contribution in [0.2, 0.25) is 0 Å². The minimum Gasteiger partial charge on any atom is -0.493 e. The minimum absolute atomic E-state index is 0.493. The first-order chi connectivity index (χ1) is 8.62. The third-order valence-corrected chi connectivity index (χ3v) is 3.52. The van der Waals surface area contributed by atoms with Crippen molar-refractivity contribution in [2.24, 2.45) is 5.92 Å². The largest absolute Gasteiger partial charge is 0.493 e. The molecule has 0 spiro atoms. The third kappa shape index (κ3) is 3.96. The molecule has 0 saturated carbocycles. The number of benzene rings is 1. The highest BCUT2D eigenvalue weighted by Gasteiger charge is 2.10. The van der Waals surface area contributed by atoms with Crippen LogP contribution in [0.5, 0.6) is 5.75 Å². The number of thiol groups is 1. The van der Waals surface area contributed by atoms with Gasteiger partial charge in [-0.25, -0.2) is 0 Å². The van der Waals surface area contributed by atoms with E-state index in [2.05, 4.69) is 25.6 Å². The number of ether oxygens (including phenoxy) is 1. The van der Waals surface area contributed by atoms with Gasteiger partial charge in [0.25, 0.3) is 0 Å². The summed E-state index contributed by atoms with van der Waals surface area (Å²) in [6, 6.07) is 5.91. The molecule has 1 atom stereocenters. The molecule has 1 aromatic rings. The second-order valence-electron chi connectivity index (χ2n) is 4.70. The van der Waals surface area contributed by atoms with Gasteiger partial charge in [0.05, 0.1) is 18.2 Å². The van der Waals surface area contributed by atoms with Crippen LogP contribution in [-0.2, 0) is 0 Å². The second-order valence-corrected chi connectivity index (χ2v) is 5.06. The quantitative estimate of drug-likeness (QED) is 0.790. The fraction of sp³-hybridized carbons (Fsp3) is 0.533. The molecule has 0 fully saturated rings. The zero-order valence-corrected chi connectivity index (χ0v) is 12.3. The monoisotopic (exact) mass is 263 g/mol. The van der Waals surface area contributed by atoms with E-state index in [9.17, 15) is 0 Å². The summed E-state index contributed by atoms with van der Waals surface area (Å²) in [5.74, 6) is 2.26. The summed E-state index contributed by atoms with van der Waals surface area (Å²) in [4.78, 5) is 0. The van der Waals surface area contributed by atoms with E-state index in [1.165, 1.54) is 0 Å². The first kappa shape index (κ1) is 14.9. The van der Waals surface area contributed by atoms with Gasteiger partial charge in [-0.2, -0.15) is 17.9 Å². The van der Waals surface area contributed by atoms with Crippen LogP contribution in [0, 0.1) is 31.1 Å². The van der Waals surface area contributed by atoms with E-state index in [1.54, 1.807) is 0 Å². The second kappa shape index (κ2) is 7.33. The molecule has 1 aromatic carbocycles. The molecule has 98 valence electrons. The topological polar surface area (TPSA) is 33.0 Å².